The van der Waals surface area contributed by atoms with Crippen LogP contribution in [0.4, 0.5) is 0 Å². The minimum Gasteiger partial charge on any atom is -0.376 e. The zero-order valence-corrected chi connectivity index (χ0v) is 12.8. The summed E-state index contributed by atoms with van der Waals surface area (Å²) in [5.74, 6) is 0.767. The Bertz CT molecular complexity index is 676. The highest BCUT2D eigenvalue weighted by Crippen LogP contribution is 2.39. The van der Waals surface area contributed by atoms with E-state index in [2.05, 4.69) is 21.8 Å². The van der Waals surface area contributed by atoms with E-state index in [-0.39, 0.29) is 5.41 Å². The minimum atomic E-state index is 0.0312. The van der Waals surface area contributed by atoms with Gasteiger partial charge in [0.05, 0.1) is 24.3 Å². The molecule has 4 heterocycles. The third-order valence-electron chi connectivity index (χ3n) is 4.80. The quantitative estimate of drug-likeness (QED) is 0.849. The van der Waals surface area contributed by atoms with Crippen molar-refractivity contribution in [3.05, 3.63) is 42.0 Å². The molecule has 0 unspecified atom stereocenters. The number of rotatable bonds is 2. The molecule has 0 bridgehead atoms. The van der Waals surface area contributed by atoms with E-state index in [4.69, 9.17) is 9.72 Å². The molecule has 22 heavy (non-hydrogen) atoms. The van der Waals surface area contributed by atoms with Gasteiger partial charge in [-0.1, -0.05) is 6.92 Å². The van der Waals surface area contributed by atoms with Crippen molar-refractivity contribution in [1.82, 2.24) is 19.9 Å². The topological polar surface area (TPSA) is 51.1 Å². The van der Waals surface area contributed by atoms with Gasteiger partial charge in [-0.2, -0.15) is 0 Å². The molecule has 2 aromatic heterocycles. The number of pyridine rings is 1. The van der Waals surface area contributed by atoms with Crippen LogP contribution in [-0.2, 0) is 16.8 Å². The SMILES string of the molecule is CCN1CC[C@]2(COCc3cnc(-c4cccnc4)nc32)C1. The Morgan fingerprint density at radius 2 is 2.32 bits per heavy atom. The minimum absolute atomic E-state index is 0.0312. The fraction of sp³-hybridized carbons (Fsp3) is 0.471. The summed E-state index contributed by atoms with van der Waals surface area (Å²) >= 11 is 0. The molecule has 2 aliphatic heterocycles. The molecule has 0 N–H and O–H groups in total. The van der Waals surface area contributed by atoms with Crippen LogP contribution in [0.1, 0.15) is 24.6 Å². The van der Waals surface area contributed by atoms with Crippen LogP contribution in [0.25, 0.3) is 11.4 Å². The lowest BCUT2D eigenvalue weighted by molar-refractivity contribution is 0.0508. The van der Waals surface area contributed by atoms with E-state index in [1.807, 2.05) is 24.5 Å². The van der Waals surface area contributed by atoms with Crippen LogP contribution in [0.2, 0.25) is 0 Å². The summed E-state index contributed by atoms with van der Waals surface area (Å²) in [6.07, 6.45) is 6.63. The molecule has 1 atom stereocenters. The van der Waals surface area contributed by atoms with E-state index in [0.29, 0.717) is 6.61 Å². The Morgan fingerprint density at radius 1 is 1.36 bits per heavy atom. The van der Waals surface area contributed by atoms with Gasteiger partial charge in [0.25, 0.3) is 0 Å². The predicted octanol–water partition coefficient (Wildman–Crippen LogP) is 2.03. The Labute approximate surface area is 130 Å². The van der Waals surface area contributed by atoms with Gasteiger partial charge >= 0.3 is 0 Å². The molecule has 2 aliphatic rings. The standard InChI is InChI=1S/C17H20N4O/c1-2-21-7-5-17(11-21)12-22-10-14-9-19-16(20-15(14)17)13-4-3-6-18-8-13/h3-4,6,8-9H,2,5,7,10-12H2,1H3/t17-/m1/s1. The van der Waals surface area contributed by atoms with Crippen molar-refractivity contribution < 1.29 is 4.74 Å². The molecule has 1 spiro atoms. The molecule has 1 saturated heterocycles. The summed E-state index contributed by atoms with van der Waals surface area (Å²) in [6, 6.07) is 3.93. The average Bonchev–Trinajstić information content (AvgIpc) is 3.00. The molecular weight excluding hydrogens is 276 g/mol. The predicted molar refractivity (Wildman–Crippen MR) is 83.3 cm³/mol. The molecule has 4 rings (SSSR count). The van der Waals surface area contributed by atoms with Crippen molar-refractivity contribution in [1.29, 1.82) is 0 Å². The van der Waals surface area contributed by atoms with Gasteiger partial charge in [-0.15, -0.1) is 0 Å². The van der Waals surface area contributed by atoms with E-state index in [0.717, 1.165) is 49.6 Å². The van der Waals surface area contributed by atoms with Crippen LogP contribution < -0.4 is 0 Å². The first-order valence-electron chi connectivity index (χ1n) is 7.88. The molecule has 5 nitrogen and oxygen atoms in total. The molecule has 0 aromatic carbocycles. The number of hydrogen-bond acceptors (Lipinski definition) is 5. The van der Waals surface area contributed by atoms with Crippen molar-refractivity contribution in [3.8, 4) is 11.4 Å². The van der Waals surface area contributed by atoms with Crippen LogP contribution in [0.3, 0.4) is 0 Å². The largest absolute Gasteiger partial charge is 0.376 e. The second-order valence-corrected chi connectivity index (χ2v) is 6.20. The monoisotopic (exact) mass is 296 g/mol. The van der Waals surface area contributed by atoms with Crippen molar-refractivity contribution in [3.63, 3.8) is 0 Å². The van der Waals surface area contributed by atoms with Crippen LogP contribution in [0.15, 0.2) is 30.7 Å². The second kappa shape index (κ2) is 5.41. The Morgan fingerprint density at radius 3 is 3.09 bits per heavy atom. The van der Waals surface area contributed by atoms with Crippen LogP contribution in [0.5, 0.6) is 0 Å². The summed E-state index contributed by atoms with van der Waals surface area (Å²) in [5, 5.41) is 0. The number of aromatic nitrogens is 3. The number of likely N-dealkylation sites (N-methyl/N-ethyl adjacent to an activating group) is 1. The first kappa shape index (κ1) is 13.8. The number of hydrogen-bond donors (Lipinski definition) is 0. The van der Waals surface area contributed by atoms with E-state index in [1.54, 1.807) is 6.20 Å². The van der Waals surface area contributed by atoms with Crippen molar-refractivity contribution in [2.24, 2.45) is 0 Å². The summed E-state index contributed by atoms with van der Waals surface area (Å²) in [7, 11) is 0. The number of nitrogens with zero attached hydrogens (tertiary/aromatic N) is 4. The van der Waals surface area contributed by atoms with E-state index < -0.39 is 0 Å². The lowest BCUT2D eigenvalue weighted by Gasteiger charge is -2.34. The highest BCUT2D eigenvalue weighted by molar-refractivity contribution is 5.54. The zero-order valence-electron chi connectivity index (χ0n) is 12.8. The molecule has 1 fully saturated rings. The normalized spacial score (nSPS) is 24.6. The maximum Gasteiger partial charge on any atom is 0.160 e. The van der Waals surface area contributed by atoms with Crippen molar-refractivity contribution >= 4 is 0 Å². The zero-order chi connectivity index (χ0) is 15.0. The summed E-state index contributed by atoms with van der Waals surface area (Å²) < 4.78 is 5.85. The number of fused-ring (bicyclic) bond motifs is 2. The van der Waals surface area contributed by atoms with E-state index in [9.17, 15) is 0 Å². The van der Waals surface area contributed by atoms with Gasteiger partial charge in [0.15, 0.2) is 5.82 Å². The first-order valence-corrected chi connectivity index (χ1v) is 7.88. The molecule has 0 aliphatic carbocycles. The number of ether oxygens (including phenoxy) is 1. The van der Waals surface area contributed by atoms with Gasteiger partial charge in [0, 0.05) is 36.3 Å². The third-order valence-corrected chi connectivity index (χ3v) is 4.80. The van der Waals surface area contributed by atoms with Gasteiger partial charge in [-0.05, 0) is 31.6 Å². The van der Waals surface area contributed by atoms with Gasteiger partial charge in [-0.3, -0.25) is 4.98 Å². The summed E-state index contributed by atoms with van der Waals surface area (Å²) in [5.41, 5.74) is 3.32. The lowest BCUT2D eigenvalue weighted by atomic mass is 9.80. The highest BCUT2D eigenvalue weighted by Gasteiger charge is 2.44. The molecule has 0 amide bonds. The van der Waals surface area contributed by atoms with Crippen molar-refractivity contribution in [2.45, 2.75) is 25.4 Å². The first-order chi connectivity index (χ1) is 10.8. The van der Waals surface area contributed by atoms with Gasteiger partial charge < -0.3 is 9.64 Å². The number of likely N-dealkylation sites (tertiary alicyclic amines) is 1. The molecular formula is C17H20N4O. The van der Waals surface area contributed by atoms with Crippen LogP contribution in [-0.4, -0.2) is 46.1 Å². The molecule has 0 saturated carbocycles. The Balaban J connectivity index is 1.77. The summed E-state index contributed by atoms with van der Waals surface area (Å²) in [4.78, 5) is 16.1. The van der Waals surface area contributed by atoms with Crippen molar-refractivity contribution in [2.75, 3.05) is 26.2 Å². The van der Waals surface area contributed by atoms with Gasteiger partial charge in [0.2, 0.25) is 0 Å². The molecule has 5 heteroatoms. The maximum absolute atomic E-state index is 5.85. The lowest BCUT2D eigenvalue weighted by Crippen LogP contribution is -2.40. The van der Waals surface area contributed by atoms with E-state index >= 15 is 0 Å². The smallest absolute Gasteiger partial charge is 0.160 e. The van der Waals surface area contributed by atoms with Crippen LogP contribution >= 0.6 is 0 Å². The highest BCUT2D eigenvalue weighted by atomic mass is 16.5. The molecule has 114 valence electrons. The fourth-order valence-electron chi connectivity index (χ4n) is 3.57. The van der Waals surface area contributed by atoms with E-state index in [1.165, 1.54) is 5.69 Å². The molecule has 2 aromatic rings. The third kappa shape index (κ3) is 2.21. The van der Waals surface area contributed by atoms with Crippen LogP contribution in [0, 0.1) is 0 Å². The molecule has 0 radical (unpaired) electrons. The Hall–Kier alpha value is -1.85. The van der Waals surface area contributed by atoms with Gasteiger partial charge in [0.1, 0.15) is 0 Å². The van der Waals surface area contributed by atoms with Gasteiger partial charge in [-0.25, -0.2) is 9.97 Å². The Kier molecular flexibility index (Phi) is 3.39. The average molecular weight is 296 g/mol. The second-order valence-electron chi connectivity index (χ2n) is 6.20. The summed E-state index contributed by atoms with van der Waals surface area (Å²) in [6.45, 7) is 6.82. The maximum atomic E-state index is 5.85. The fourth-order valence-corrected chi connectivity index (χ4v) is 3.57.